The Bertz CT molecular complexity index is 535. The summed E-state index contributed by atoms with van der Waals surface area (Å²) in [7, 11) is 0. The second-order valence-electron chi connectivity index (χ2n) is 5.37. The zero-order valence-electron chi connectivity index (χ0n) is 11.7. The Morgan fingerprint density at radius 1 is 1.40 bits per heavy atom. The van der Waals surface area contributed by atoms with Gasteiger partial charge in [-0.3, -0.25) is 4.79 Å². The molecule has 1 aromatic rings. The first-order chi connectivity index (χ1) is 9.49. The van der Waals surface area contributed by atoms with Crippen LogP contribution < -0.4 is 0 Å². The SMILES string of the molecule is CC1CCC(C)N(C(=O)c2sccc2C=CC(=O)O)C1. The molecule has 1 amide bonds. The van der Waals surface area contributed by atoms with Gasteiger partial charge in [-0.05, 0) is 48.8 Å². The van der Waals surface area contributed by atoms with E-state index in [-0.39, 0.29) is 11.9 Å². The minimum atomic E-state index is -1.01. The average Bonchev–Trinajstić information content (AvgIpc) is 2.86. The van der Waals surface area contributed by atoms with Gasteiger partial charge in [-0.25, -0.2) is 4.79 Å². The molecule has 0 bridgehead atoms. The molecule has 0 spiro atoms. The molecule has 4 nitrogen and oxygen atoms in total. The number of carboxylic acid groups (broad SMARTS) is 1. The van der Waals surface area contributed by atoms with Crippen LogP contribution >= 0.6 is 11.3 Å². The van der Waals surface area contributed by atoms with Gasteiger partial charge in [0.05, 0.1) is 4.88 Å². The van der Waals surface area contributed by atoms with E-state index in [2.05, 4.69) is 13.8 Å². The summed E-state index contributed by atoms with van der Waals surface area (Å²) in [6.07, 6.45) is 4.74. The highest BCUT2D eigenvalue weighted by atomic mass is 32.1. The van der Waals surface area contributed by atoms with Crippen molar-refractivity contribution in [3.8, 4) is 0 Å². The predicted molar refractivity (Wildman–Crippen MR) is 79.9 cm³/mol. The Hall–Kier alpha value is -1.62. The molecule has 0 aromatic carbocycles. The lowest BCUT2D eigenvalue weighted by molar-refractivity contribution is -0.131. The minimum Gasteiger partial charge on any atom is -0.478 e. The maximum absolute atomic E-state index is 12.6. The van der Waals surface area contributed by atoms with Gasteiger partial charge in [-0.1, -0.05) is 6.92 Å². The van der Waals surface area contributed by atoms with Gasteiger partial charge in [0.2, 0.25) is 0 Å². The summed E-state index contributed by atoms with van der Waals surface area (Å²) in [6, 6.07) is 2.03. The molecule has 2 rings (SSSR count). The second-order valence-corrected chi connectivity index (χ2v) is 6.28. The molecule has 0 aliphatic carbocycles. The van der Waals surface area contributed by atoms with Crippen molar-refractivity contribution in [2.24, 2.45) is 5.92 Å². The van der Waals surface area contributed by atoms with Crippen LogP contribution in [0.4, 0.5) is 0 Å². The molecular weight excluding hydrogens is 274 g/mol. The predicted octanol–water partition coefficient (Wildman–Crippen LogP) is 3.11. The first kappa shape index (κ1) is 14.8. The van der Waals surface area contributed by atoms with Crippen LogP contribution in [0.3, 0.4) is 0 Å². The van der Waals surface area contributed by atoms with Gasteiger partial charge in [-0.15, -0.1) is 11.3 Å². The van der Waals surface area contributed by atoms with Crippen molar-refractivity contribution in [3.63, 3.8) is 0 Å². The molecule has 1 saturated heterocycles. The molecule has 2 heterocycles. The van der Waals surface area contributed by atoms with Gasteiger partial charge in [0, 0.05) is 18.7 Å². The number of aliphatic carboxylic acids is 1. The van der Waals surface area contributed by atoms with Crippen LogP contribution in [0.5, 0.6) is 0 Å². The molecular formula is C15H19NO3S. The Morgan fingerprint density at radius 3 is 2.85 bits per heavy atom. The molecule has 0 saturated carbocycles. The van der Waals surface area contributed by atoms with E-state index in [4.69, 9.17) is 5.11 Å². The van der Waals surface area contributed by atoms with Gasteiger partial charge in [0.15, 0.2) is 0 Å². The Kier molecular flexibility index (Phi) is 4.60. The number of carbonyl (C=O) groups excluding carboxylic acids is 1. The standard InChI is InChI=1S/C15H19NO3S/c1-10-3-4-11(2)16(9-10)15(19)14-12(7-8-20-14)5-6-13(17)18/h5-8,10-11H,3-4,9H2,1-2H3,(H,17,18). The number of nitrogens with zero attached hydrogens (tertiary/aromatic N) is 1. The van der Waals surface area contributed by atoms with Crippen molar-refractivity contribution in [2.45, 2.75) is 32.7 Å². The summed E-state index contributed by atoms with van der Waals surface area (Å²) < 4.78 is 0. The quantitative estimate of drug-likeness (QED) is 0.871. The molecule has 1 N–H and O–H groups in total. The van der Waals surface area contributed by atoms with Crippen molar-refractivity contribution in [1.29, 1.82) is 0 Å². The van der Waals surface area contributed by atoms with Crippen molar-refractivity contribution >= 4 is 29.3 Å². The van der Waals surface area contributed by atoms with Crippen LogP contribution in [0.15, 0.2) is 17.5 Å². The summed E-state index contributed by atoms with van der Waals surface area (Å²) in [5.41, 5.74) is 0.688. The van der Waals surface area contributed by atoms with E-state index in [9.17, 15) is 9.59 Å². The number of amides is 1. The van der Waals surface area contributed by atoms with E-state index in [1.165, 1.54) is 17.4 Å². The third-order valence-corrected chi connectivity index (χ3v) is 4.59. The first-order valence-electron chi connectivity index (χ1n) is 6.78. The molecule has 20 heavy (non-hydrogen) atoms. The van der Waals surface area contributed by atoms with Crippen molar-refractivity contribution in [1.82, 2.24) is 4.90 Å². The minimum absolute atomic E-state index is 0.0177. The second kappa shape index (κ2) is 6.22. The number of hydrogen-bond donors (Lipinski definition) is 1. The molecule has 2 unspecified atom stereocenters. The lowest BCUT2D eigenvalue weighted by Crippen LogP contribution is -2.44. The molecule has 0 radical (unpaired) electrons. The van der Waals surface area contributed by atoms with Crippen LogP contribution in [0, 0.1) is 5.92 Å². The number of rotatable bonds is 3. The highest BCUT2D eigenvalue weighted by Gasteiger charge is 2.29. The topological polar surface area (TPSA) is 57.6 Å². The first-order valence-corrected chi connectivity index (χ1v) is 7.66. The number of likely N-dealkylation sites (tertiary alicyclic amines) is 1. The van der Waals surface area contributed by atoms with Crippen LogP contribution in [0.25, 0.3) is 6.08 Å². The van der Waals surface area contributed by atoms with Gasteiger partial charge < -0.3 is 10.0 Å². The highest BCUT2D eigenvalue weighted by Crippen LogP contribution is 2.27. The summed E-state index contributed by atoms with van der Waals surface area (Å²) in [5, 5.41) is 10.5. The monoisotopic (exact) mass is 293 g/mol. The van der Waals surface area contributed by atoms with E-state index in [1.54, 1.807) is 6.07 Å². The molecule has 1 fully saturated rings. The van der Waals surface area contributed by atoms with E-state index >= 15 is 0 Å². The highest BCUT2D eigenvalue weighted by molar-refractivity contribution is 7.12. The molecule has 1 aliphatic rings. The van der Waals surface area contributed by atoms with Crippen LogP contribution in [0.1, 0.15) is 41.9 Å². The fraction of sp³-hybridized carbons (Fsp3) is 0.467. The number of piperidine rings is 1. The van der Waals surface area contributed by atoms with Gasteiger partial charge in [0.1, 0.15) is 0 Å². The van der Waals surface area contributed by atoms with Gasteiger partial charge >= 0.3 is 5.97 Å². The summed E-state index contributed by atoms with van der Waals surface area (Å²) in [6.45, 7) is 5.01. The molecule has 1 aromatic heterocycles. The average molecular weight is 293 g/mol. The Morgan fingerprint density at radius 2 is 2.15 bits per heavy atom. The molecule has 108 valence electrons. The van der Waals surface area contributed by atoms with Gasteiger partial charge in [0.25, 0.3) is 5.91 Å². The lowest BCUT2D eigenvalue weighted by Gasteiger charge is -2.36. The Labute approximate surface area is 122 Å². The van der Waals surface area contributed by atoms with Crippen LogP contribution in [0.2, 0.25) is 0 Å². The van der Waals surface area contributed by atoms with Crippen LogP contribution in [-0.4, -0.2) is 34.5 Å². The number of carboxylic acids is 1. The van der Waals surface area contributed by atoms with E-state index in [0.717, 1.165) is 25.5 Å². The smallest absolute Gasteiger partial charge is 0.328 e. The fourth-order valence-electron chi connectivity index (χ4n) is 2.49. The van der Waals surface area contributed by atoms with Crippen molar-refractivity contribution in [2.75, 3.05) is 6.54 Å². The summed E-state index contributed by atoms with van der Waals surface area (Å²) in [5.74, 6) is -0.466. The normalized spacial score (nSPS) is 23.2. The van der Waals surface area contributed by atoms with Gasteiger partial charge in [-0.2, -0.15) is 0 Å². The zero-order valence-corrected chi connectivity index (χ0v) is 12.5. The lowest BCUT2D eigenvalue weighted by atomic mass is 9.95. The number of carbonyl (C=O) groups is 2. The van der Waals surface area contributed by atoms with E-state index < -0.39 is 5.97 Å². The maximum atomic E-state index is 12.6. The maximum Gasteiger partial charge on any atom is 0.328 e. The molecule has 2 atom stereocenters. The molecule has 1 aliphatic heterocycles. The fourth-order valence-corrected chi connectivity index (χ4v) is 3.33. The largest absolute Gasteiger partial charge is 0.478 e. The third-order valence-electron chi connectivity index (χ3n) is 3.67. The van der Waals surface area contributed by atoms with Crippen molar-refractivity contribution in [3.05, 3.63) is 28.0 Å². The number of hydrogen-bond acceptors (Lipinski definition) is 3. The zero-order chi connectivity index (χ0) is 14.7. The summed E-state index contributed by atoms with van der Waals surface area (Å²) >= 11 is 1.37. The van der Waals surface area contributed by atoms with E-state index in [0.29, 0.717) is 16.4 Å². The van der Waals surface area contributed by atoms with E-state index in [1.807, 2.05) is 10.3 Å². The van der Waals surface area contributed by atoms with Crippen LogP contribution in [-0.2, 0) is 4.79 Å². The molecule has 5 heteroatoms. The van der Waals surface area contributed by atoms with Crippen molar-refractivity contribution < 1.29 is 14.7 Å². The summed E-state index contributed by atoms with van der Waals surface area (Å²) in [4.78, 5) is 25.8. The Balaban J connectivity index is 2.20. The number of thiophene rings is 1. The third kappa shape index (κ3) is 3.28.